The van der Waals surface area contributed by atoms with Gasteiger partial charge in [0.05, 0.1) is 5.92 Å². The highest BCUT2D eigenvalue weighted by atomic mass is 16.1. The first kappa shape index (κ1) is 16.9. The van der Waals surface area contributed by atoms with Crippen LogP contribution in [0.4, 0.5) is 0 Å². The van der Waals surface area contributed by atoms with Crippen molar-refractivity contribution in [1.29, 1.82) is 0 Å². The molecule has 4 rings (SSSR count). The van der Waals surface area contributed by atoms with Gasteiger partial charge in [0.1, 0.15) is 0 Å². The number of para-hydroxylation sites is 1. The Morgan fingerprint density at radius 2 is 1.92 bits per heavy atom. The summed E-state index contributed by atoms with van der Waals surface area (Å²) >= 11 is 0. The molecule has 4 nitrogen and oxygen atoms in total. The summed E-state index contributed by atoms with van der Waals surface area (Å²) in [5.74, 6) is 0.383. The van der Waals surface area contributed by atoms with Crippen LogP contribution in [0.3, 0.4) is 0 Å². The van der Waals surface area contributed by atoms with Crippen LogP contribution in [0.15, 0.2) is 60.8 Å². The minimum absolute atomic E-state index is 0.0862. The predicted octanol–water partition coefficient (Wildman–Crippen LogP) is 3.42. The van der Waals surface area contributed by atoms with Crippen molar-refractivity contribution in [2.45, 2.75) is 18.8 Å². The molecule has 26 heavy (non-hydrogen) atoms. The highest BCUT2D eigenvalue weighted by Crippen LogP contribution is 2.30. The Morgan fingerprint density at radius 1 is 1.12 bits per heavy atom. The number of H-pyrrole nitrogens is 1. The number of hydrogen-bond acceptors (Lipinski definition) is 2. The Labute approximate surface area is 154 Å². The van der Waals surface area contributed by atoms with Gasteiger partial charge in [-0.05, 0) is 36.6 Å². The molecule has 1 amide bonds. The van der Waals surface area contributed by atoms with Crippen LogP contribution in [-0.4, -0.2) is 30.5 Å². The molecule has 134 valence electrons. The van der Waals surface area contributed by atoms with Crippen molar-refractivity contribution in [2.75, 3.05) is 19.6 Å². The third kappa shape index (κ3) is 3.51. The zero-order valence-electron chi connectivity index (χ0n) is 14.9. The molecule has 2 unspecified atom stereocenters. The van der Waals surface area contributed by atoms with E-state index in [-0.39, 0.29) is 17.7 Å². The second-order valence-corrected chi connectivity index (χ2v) is 7.04. The minimum atomic E-state index is 0.0862. The molecule has 3 N–H and O–H groups in total. The van der Waals surface area contributed by atoms with Crippen molar-refractivity contribution >= 4 is 16.8 Å². The molecule has 0 spiro atoms. The third-order valence-corrected chi connectivity index (χ3v) is 5.35. The summed E-state index contributed by atoms with van der Waals surface area (Å²) in [6.07, 6.45) is 4.13. The van der Waals surface area contributed by atoms with Gasteiger partial charge in [0, 0.05) is 36.1 Å². The molecule has 3 aromatic rings. The molecule has 0 saturated carbocycles. The Bertz CT molecular complexity index is 865. The van der Waals surface area contributed by atoms with Crippen LogP contribution >= 0.6 is 0 Å². The van der Waals surface area contributed by atoms with Crippen LogP contribution in [0, 0.1) is 5.92 Å². The molecule has 1 aromatic heterocycles. The largest absolute Gasteiger partial charge is 0.361 e. The summed E-state index contributed by atoms with van der Waals surface area (Å²) in [5.41, 5.74) is 3.58. The Hall–Kier alpha value is -2.59. The van der Waals surface area contributed by atoms with Gasteiger partial charge in [0.2, 0.25) is 5.91 Å². The van der Waals surface area contributed by atoms with Gasteiger partial charge in [0.25, 0.3) is 0 Å². The van der Waals surface area contributed by atoms with Gasteiger partial charge in [0.15, 0.2) is 0 Å². The smallest absolute Gasteiger partial charge is 0.224 e. The molecule has 2 aromatic carbocycles. The Balaban J connectivity index is 1.58. The fourth-order valence-corrected chi connectivity index (χ4v) is 3.90. The molecule has 1 aliphatic heterocycles. The zero-order chi connectivity index (χ0) is 17.8. The van der Waals surface area contributed by atoms with Gasteiger partial charge in [-0.2, -0.15) is 0 Å². The summed E-state index contributed by atoms with van der Waals surface area (Å²) in [6.45, 7) is 2.42. The lowest BCUT2D eigenvalue weighted by Crippen LogP contribution is -2.41. The van der Waals surface area contributed by atoms with Gasteiger partial charge in [-0.3, -0.25) is 4.79 Å². The van der Waals surface area contributed by atoms with Gasteiger partial charge in [-0.15, -0.1) is 0 Å². The molecule has 1 aliphatic rings. The van der Waals surface area contributed by atoms with Gasteiger partial charge >= 0.3 is 0 Å². The van der Waals surface area contributed by atoms with E-state index in [4.69, 9.17) is 0 Å². The number of fused-ring (bicyclic) bond motifs is 1. The molecule has 0 radical (unpaired) electrons. The summed E-state index contributed by atoms with van der Waals surface area (Å²) in [5, 5.41) is 7.75. The van der Waals surface area contributed by atoms with E-state index in [1.165, 1.54) is 16.5 Å². The lowest BCUT2D eigenvalue weighted by atomic mass is 9.90. The fraction of sp³-hybridized carbons (Fsp3) is 0.318. The number of benzene rings is 2. The normalized spacial score (nSPS) is 18.5. The average Bonchev–Trinajstić information content (AvgIpc) is 3.14. The minimum Gasteiger partial charge on any atom is -0.361 e. The predicted molar refractivity (Wildman–Crippen MR) is 105 cm³/mol. The van der Waals surface area contributed by atoms with Crippen molar-refractivity contribution in [2.24, 2.45) is 5.92 Å². The van der Waals surface area contributed by atoms with Crippen LogP contribution in [0.2, 0.25) is 0 Å². The van der Waals surface area contributed by atoms with Crippen molar-refractivity contribution in [3.8, 4) is 0 Å². The van der Waals surface area contributed by atoms with E-state index in [0.717, 1.165) is 31.4 Å². The SMILES string of the molecule is O=C(NCC(c1ccccc1)c1c[nH]c2ccccc12)C1CCCNC1. The van der Waals surface area contributed by atoms with Crippen LogP contribution in [-0.2, 0) is 4.79 Å². The quantitative estimate of drug-likeness (QED) is 0.662. The summed E-state index contributed by atoms with van der Waals surface area (Å²) < 4.78 is 0. The molecule has 1 fully saturated rings. The Kier molecular flexibility index (Phi) is 5.02. The number of rotatable bonds is 5. The third-order valence-electron chi connectivity index (χ3n) is 5.35. The van der Waals surface area contributed by atoms with Gasteiger partial charge < -0.3 is 15.6 Å². The van der Waals surface area contributed by atoms with Crippen molar-refractivity contribution in [3.05, 3.63) is 71.9 Å². The summed E-state index contributed by atoms with van der Waals surface area (Å²) in [7, 11) is 0. The van der Waals surface area contributed by atoms with E-state index in [2.05, 4.69) is 64.3 Å². The maximum absolute atomic E-state index is 12.6. The maximum atomic E-state index is 12.6. The van der Waals surface area contributed by atoms with Crippen molar-refractivity contribution < 1.29 is 4.79 Å². The summed E-state index contributed by atoms with van der Waals surface area (Å²) in [6, 6.07) is 18.8. The molecule has 1 saturated heterocycles. The highest BCUT2D eigenvalue weighted by Gasteiger charge is 2.23. The van der Waals surface area contributed by atoms with E-state index >= 15 is 0 Å². The monoisotopic (exact) mass is 347 g/mol. The summed E-state index contributed by atoms with van der Waals surface area (Å²) in [4.78, 5) is 16.0. The zero-order valence-corrected chi connectivity index (χ0v) is 14.9. The van der Waals surface area contributed by atoms with E-state index in [1.54, 1.807) is 0 Å². The van der Waals surface area contributed by atoms with Crippen LogP contribution < -0.4 is 10.6 Å². The highest BCUT2D eigenvalue weighted by molar-refractivity contribution is 5.84. The maximum Gasteiger partial charge on any atom is 0.224 e. The van der Waals surface area contributed by atoms with Crippen LogP contribution in [0.5, 0.6) is 0 Å². The average molecular weight is 347 g/mol. The van der Waals surface area contributed by atoms with Crippen molar-refractivity contribution in [3.63, 3.8) is 0 Å². The second kappa shape index (κ2) is 7.75. The first-order valence-corrected chi connectivity index (χ1v) is 9.42. The van der Waals surface area contributed by atoms with E-state index in [1.807, 2.05) is 12.1 Å². The number of carbonyl (C=O) groups excluding carboxylic acids is 1. The van der Waals surface area contributed by atoms with E-state index < -0.39 is 0 Å². The van der Waals surface area contributed by atoms with Crippen LogP contribution in [0.25, 0.3) is 10.9 Å². The second-order valence-electron chi connectivity index (χ2n) is 7.04. The van der Waals surface area contributed by atoms with Crippen molar-refractivity contribution in [1.82, 2.24) is 15.6 Å². The van der Waals surface area contributed by atoms with Gasteiger partial charge in [-0.1, -0.05) is 48.5 Å². The first-order valence-electron chi connectivity index (χ1n) is 9.42. The fourth-order valence-electron chi connectivity index (χ4n) is 3.90. The Morgan fingerprint density at radius 3 is 2.73 bits per heavy atom. The molecule has 4 heteroatoms. The molecule has 0 bridgehead atoms. The first-order chi connectivity index (χ1) is 12.8. The van der Waals surface area contributed by atoms with Crippen LogP contribution in [0.1, 0.15) is 29.9 Å². The van der Waals surface area contributed by atoms with E-state index in [0.29, 0.717) is 6.54 Å². The molecule has 0 aliphatic carbocycles. The number of hydrogen-bond donors (Lipinski definition) is 3. The molecular formula is C22H25N3O. The number of piperidine rings is 1. The molecule has 2 heterocycles. The number of amides is 1. The standard InChI is InChI=1S/C22H25N3O/c26-22(17-9-6-12-23-13-17)25-14-19(16-7-2-1-3-8-16)20-15-24-21-11-5-4-10-18(20)21/h1-5,7-8,10-11,15,17,19,23-24H,6,9,12-14H2,(H,25,26). The number of carbonyl (C=O) groups is 1. The lowest BCUT2D eigenvalue weighted by Gasteiger charge is -2.24. The number of nitrogens with one attached hydrogen (secondary N) is 3. The molecular weight excluding hydrogens is 322 g/mol. The number of aromatic amines is 1. The lowest BCUT2D eigenvalue weighted by molar-refractivity contribution is -0.125. The van der Waals surface area contributed by atoms with E-state index in [9.17, 15) is 4.79 Å². The molecule has 2 atom stereocenters. The van der Waals surface area contributed by atoms with Gasteiger partial charge in [-0.25, -0.2) is 0 Å². The number of aromatic nitrogens is 1. The topological polar surface area (TPSA) is 56.9 Å².